The molecule has 0 radical (unpaired) electrons. The molecular formula is C13H10FN5O2. The molecule has 0 spiro atoms. The number of nitriles is 1. The molecule has 0 saturated carbocycles. The summed E-state index contributed by atoms with van der Waals surface area (Å²) >= 11 is 0. The normalized spacial score (nSPS) is 9.76. The van der Waals surface area contributed by atoms with Crippen LogP contribution in [0.4, 0.5) is 27.1 Å². The van der Waals surface area contributed by atoms with Crippen LogP contribution < -0.4 is 16.6 Å². The van der Waals surface area contributed by atoms with Crippen molar-refractivity contribution in [3.63, 3.8) is 0 Å². The van der Waals surface area contributed by atoms with Gasteiger partial charge in [0.2, 0.25) is 0 Å². The van der Waals surface area contributed by atoms with Gasteiger partial charge in [0.25, 0.3) is 0 Å². The average molecular weight is 287 g/mol. The molecule has 0 unspecified atom stereocenters. The highest BCUT2D eigenvalue weighted by Gasteiger charge is 2.20. The maximum atomic E-state index is 13.5. The van der Waals surface area contributed by atoms with Gasteiger partial charge in [-0.2, -0.15) is 5.26 Å². The summed E-state index contributed by atoms with van der Waals surface area (Å²) < 4.78 is 13.5. The Labute approximate surface area is 118 Å². The number of benzene rings is 2. The average Bonchev–Trinajstić information content (AvgIpc) is 2.47. The lowest BCUT2D eigenvalue weighted by atomic mass is 10.1. The van der Waals surface area contributed by atoms with Crippen molar-refractivity contribution in [2.75, 3.05) is 10.7 Å². The Morgan fingerprint density at radius 2 is 1.81 bits per heavy atom. The fraction of sp³-hybridized carbons (Fsp3) is 0. The van der Waals surface area contributed by atoms with E-state index in [0.29, 0.717) is 0 Å². The maximum absolute atomic E-state index is 13.5. The molecule has 2 aromatic carbocycles. The van der Waals surface area contributed by atoms with Crippen LogP contribution in [0, 0.1) is 27.3 Å². The smallest absolute Gasteiger partial charge is 0.316 e. The lowest BCUT2D eigenvalue weighted by Gasteiger charge is -2.11. The zero-order chi connectivity index (χ0) is 15.4. The van der Waals surface area contributed by atoms with Gasteiger partial charge in [0, 0.05) is 0 Å². The SMILES string of the molecule is N#Cc1c(F)cccc1Nc1cccc(NN)c1[N+](=O)[O-]. The second kappa shape index (κ2) is 5.85. The van der Waals surface area contributed by atoms with Crippen molar-refractivity contribution in [3.8, 4) is 6.07 Å². The monoisotopic (exact) mass is 287 g/mol. The minimum Gasteiger partial charge on any atom is -0.349 e. The van der Waals surface area contributed by atoms with E-state index in [1.54, 1.807) is 6.07 Å². The Bertz CT molecular complexity index is 742. The summed E-state index contributed by atoms with van der Waals surface area (Å²) in [7, 11) is 0. The van der Waals surface area contributed by atoms with Crippen molar-refractivity contribution in [1.82, 2.24) is 0 Å². The van der Waals surface area contributed by atoms with E-state index in [1.165, 1.54) is 30.3 Å². The highest BCUT2D eigenvalue weighted by atomic mass is 19.1. The van der Waals surface area contributed by atoms with Gasteiger partial charge >= 0.3 is 5.69 Å². The molecule has 2 rings (SSSR count). The predicted octanol–water partition coefficient (Wildman–Crippen LogP) is 2.63. The van der Waals surface area contributed by atoms with E-state index in [9.17, 15) is 14.5 Å². The first-order valence-corrected chi connectivity index (χ1v) is 5.78. The Kier molecular flexibility index (Phi) is 3.97. The van der Waals surface area contributed by atoms with Crippen molar-refractivity contribution in [1.29, 1.82) is 5.26 Å². The topological polar surface area (TPSA) is 117 Å². The molecule has 21 heavy (non-hydrogen) atoms. The Balaban J connectivity index is 2.53. The minimum atomic E-state index is -0.710. The zero-order valence-electron chi connectivity index (χ0n) is 10.6. The summed E-state index contributed by atoms with van der Waals surface area (Å²) in [5, 5.41) is 22.8. The van der Waals surface area contributed by atoms with Crippen LogP contribution in [0.1, 0.15) is 5.56 Å². The van der Waals surface area contributed by atoms with Crippen LogP contribution in [0.5, 0.6) is 0 Å². The van der Waals surface area contributed by atoms with E-state index >= 15 is 0 Å². The fourth-order valence-corrected chi connectivity index (χ4v) is 1.84. The van der Waals surface area contributed by atoms with Gasteiger partial charge in [-0.15, -0.1) is 0 Å². The summed E-state index contributed by atoms with van der Waals surface area (Å²) in [5.41, 5.74) is 2.03. The van der Waals surface area contributed by atoms with Gasteiger partial charge in [-0.25, -0.2) is 4.39 Å². The molecule has 0 atom stereocenters. The highest BCUT2D eigenvalue weighted by Crippen LogP contribution is 2.35. The molecule has 8 heteroatoms. The van der Waals surface area contributed by atoms with E-state index in [0.717, 1.165) is 6.07 Å². The molecule has 0 aliphatic rings. The highest BCUT2D eigenvalue weighted by molar-refractivity contribution is 5.80. The van der Waals surface area contributed by atoms with Crippen LogP contribution in [0.15, 0.2) is 36.4 Å². The van der Waals surface area contributed by atoms with Gasteiger partial charge < -0.3 is 10.7 Å². The van der Waals surface area contributed by atoms with E-state index in [-0.39, 0.29) is 28.3 Å². The van der Waals surface area contributed by atoms with Crippen molar-refractivity contribution in [3.05, 3.63) is 57.9 Å². The molecule has 2 aromatic rings. The van der Waals surface area contributed by atoms with Crippen molar-refractivity contribution in [2.45, 2.75) is 0 Å². The molecule has 0 bridgehead atoms. The molecule has 4 N–H and O–H groups in total. The third-order valence-electron chi connectivity index (χ3n) is 2.77. The number of para-hydroxylation sites is 1. The number of nitrogens with two attached hydrogens (primary N) is 1. The van der Waals surface area contributed by atoms with Gasteiger partial charge in [-0.1, -0.05) is 12.1 Å². The van der Waals surface area contributed by atoms with Crippen LogP contribution in [0.25, 0.3) is 0 Å². The van der Waals surface area contributed by atoms with Crippen molar-refractivity contribution < 1.29 is 9.31 Å². The van der Waals surface area contributed by atoms with E-state index in [2.05, 4.69) is 10.7 Å². The van der Waals surface area contributed by atoms with E-state index in [1.807, 2.05) is 0 Å². The summed E-state index contributed by atoms with van der Waals surface area (Å²) in [6, 6.07) is 10.1. The largest absolute Gasteiger partial charge is 0.349 e. The number of nitrogens with one attached hydrogen (secondary N) is 2. The Morgan fingerprint density at radius 1 is 1.19 bits per heavy atom. The summed E-state index contributed by atoms with van der Waals surface area (Å²) in [4.78, 5) is 10.5. The molecule has 106 valence electrons. The molecule has 0 aromatic heterocycles. The zero-order valence-corrected chi connectivity index (χ0v) is 10.6. The number of hydrogen-bond donors (Lipinski definition) is 3. The molecular weight excluding hydrogens is 277 g/mol. The third kappa shape index (κ3) is 2.72. The van der Waals surface area contributed by atoms with Crippen LogP contribution >= 0.6 is 0 Å². The molecule has 0 aliphatic heterocycles. The lowest BCUT2D eigenvalue weighted by molar-refractivity contribution is -0.383. The number of nitro groups is 1. The second-order valence-corrected chi connectivity index (χ2v) is 4.00. The molecule has 0 aliphatic carbocycles. The first-order valence-electron chi connectivity index (χ1n) is 5.78. The molecule has 0 amide bonds. The van der Waals surface area contributed by atoms with E-state index < -0.39 is 10.7 Å². The van der Waals surface area contributed by atoms with Gasteiger partial charge in [0.05, 0.1) is 10.6 Å². The Morgan fingerprint density at radius 3 is 2.43 bits per heavy atom. The van der Waals surface area contributed by atoms with Crippen LogP contribution in [-0.4, -0.2) is 4.92 Å². The van der Waals surface area contributed by atoms with Crippen molar-refractivity contribution >= 4 is 22.7 Å². The van der Waals surface area contributed by atoms with Crippen LogP contribution in [-0.2, 0) is 0 Å². The number of anilines is 3. The second-order valence-electron chi connectivity index (χ2n) is 4.00. The summed E-state index contributed by atoms with van der Waals surface area (Å²) in [6.07, 6.45) is 0. The number of rotatable bonds is 4. The third-order valence-corrected chi connectivity index (χ3v) is 2.77. The standard InChI is InChI=1S/C13H10FN5O2/c14-9-3-1-4-10(8(9)7-15)17-11-5-2-6-12(18-16)13(11)19(20)21/h1-6,17-18H,16H2. The number of hydrazine groups is 1. The van der Waals surface area contributed by atoms with Gasteiger partial charge in [-0.05, 0) is 24.3 Å². The number of nitro benzene ring substituents is 1. The summed E-state index contributed by atoms with van der Waals surface area (Å²) in [5.74, 6) is 4.53. The lowest BCUT2D eigenvalue weighted by Crippen LogP contribution is -2.10. The predicted molar refractivity (Wildman–Crippen MR) is 75.3 cm³/mol. The molecule has 0 fully saturated rings. The number of nitrogens with zero attached hydrogens (tertiary/aromatic N) is 2. The molecule has 0 saturated heterocycles. The van der Waals surface area contributed by atoms with Gasteiger partial charge in [0.15, 0.2) is 0 Å². The number of hydrogen-bond acceptors (Lipinski definition) is 6. The van der Waals surface area contributed by atoms with Gasteiger partial charge in [-0.3, -0.25) is 16.0 Å². The van der Waals surface area contributed by atoms with Gasteiger partial charge in [0.1, 0.15) is 28.8 Å². The summed E-state index contributed by atoms with van der Waals surface area (Å²) in [6.45, 7) is 0. The quantitative estimate of drug-likeness (QED) is 0.452. The minimum absolute atomic E-state index is 0.0950. The van der Waals surface area contributed by atoms with Crippen LogP contribution in [0.3, 0.4) is 0 Å². The molecule has 0 heterocycles. The number of halogens is 1. The first kappa shape index (κ1) is 14.2. The maximum Gasteiger partial charge on any atom is 0.316 e. The fourth-order valence-electron chi connectivity index (χ4n) is 1.84. The van der Waals surface area contributed by atoms with Crippen LogP contribution in [0.2, 0.25) is 0 Å². The Hall–Kier alpha value is -3.18. The number of nitrogen functional groups attached to an aromatic ring is 1. The van der Waals surface area contributed by atoms with E-state index in [4.69, 9.17) is 11.1 Å². The first-order chi connectivity index (χ1) is 10.1. The van der Waals surface area contributed by atoms with Crippen molar-refractivity contribution in [2.24, 2.45) is 5.84 Å². The molecule has 7 nitrogen and oxygen atoms in total.